The summed E-state index contributed by atoms with van der Waals surface area (Å²) < 4.78 is 35.6. The normalized spacial score (nSPS) is 17.0. The minimum atomic E-state index is -1.03. The second kappa shape index (κ2) is 17.2. The van der Waals surface area contributed by atoms with Crippen LogP contribution in [0.5, 0.6) is 5.75 Å². The van der Waals surface area contributed by atoms with Gasteiger partial charge < -0.3 is 20.3 Å². The molecule has 19 heteroatoms. The van der Waals surface area contributed by atoms with Gasteiger partial charge in [-0.1, -0.05) is 18.9 Å². The van der Waals surface area contributed by atoms with Gasteiger partial charge in [0.1, 0.15) is 29.2 Å². The van der Waals surface area contributed by atoms with Crippen LogP contribution in [0.25, 0.3) is 11.0 Å². The van der Waals surface area contributed by atoms with Crippen molar-refractivity contribution in [2.45, 2.75) is 83.3 Å². The van der Waals surface area contributed by atoms with Gasteiger partial charge in [0.05, 0.1) is 35.4 Å². The van der Waals surface area contributed by atoms with Gasteiger partial charge in [0.2, 0.25) is 23.7 Å². The zero-order valence-electron chi connectivity index (χ0n) is 32.8. The van der Waals surface area contributed by atoms with E-state index in [9.17, 15) is 32.8 Å². The largest absolute Gasteiger partial charge is 0.494 e. The lowest BCUT2D eigenvalue weighted by molar-refractivity contribution is -0.136. The lowest BCUT2D eigenvalue weighted by Gasteiger charge is -2.32. The SMILES string of the molecule is Cc1cc(Nc2nc(NCc3ccc(F)cc3F)nc3c2cnn3C2CCN(C(=O)CCCCCCOc3ccc4c(c3)C(=O)N(C3CCC(=O)NC3=O)C4=O)CC2)n[nH]1. The number of rotatable bonds is 15. The van der Waals surface area contributed by atoms with E-state index in [0.29, 0.717) is 67.4 Å². The number of aromatic nitrogens is 6. The van der Waals surface area contributed by atoms with Gasteiger partial charge in [0.25, 0.3) is 11.8 Å². The lowest BCUT2D eigenvalue weighted by atomic mass is 10.0. The number of anilines is 3. The second-order valence-corrected chi connectivity index (χ2v) is 15.2. The van der Waals surface area contributed by atoms with E-state index in [1.54, 1.807) is 12.3 Å². The number of unbranched alkanes of at least 4 members (excludes halogenated alkanes) is 3. The summed E-state index contributed by atoms with van der Waals surface area (Å²) in [5.74, 6) is -1.82. The molecule has 60 heavy (non-hydrogen) atoms. The quantitative estimate of drug-likeness (QED) is 0.0805. The number of amides is 5. The molecule has 0 radical (unpaired) electrons. The Hall–Kier alpha value is -6.79. The molecule has 3 aliphatic heterocycles. The molecule has 2 fully saturated rings. The number of carbonyl (C=O) groups excluding carboxylic acids is 5. The number of imide groups is 2. The summed E-state index contributed by atoms with van der Waals surface area (Å²) in [5, 5.41) is 21.0. The van der Waals surface area contributed by atoms with Gasteiger partial charge in [-0.05, 0) is 63.3 Å². The van der Waals surface area contributed by atoms with E-state index < -0.39 is 41.3 Å². The Morgan fingerprint density at radius 2 is 1.73 bits per heavy atom. The van der Waals surface area contributed by atoms with Gasteiger partial charge in [-0.3, -0.25) is 39.3 Å². The van der Waals surface area contributed by atoms with Crippen LogP contribution < -0.4 is 20.7 Å². The first kappa shape index (κ1) is 40.0. The Bertz CT molecular complexity index is 2480. The van der Waals surface area contributed by atoms with E-state index in [2.05, 4.69) is 36.2 Å². The first-order valence-electron chi connectivity index (χ1n) is 20.0. The van der Waals surface area contributed by atoms with Gasteiger partial charge in [0, 0.05) is 55.9 Å². The van der Waals surface area contributed by atoms with Crippen LogP contribution in [0.15, 0.2) is 48.7 Å². The molecule has 5 amide bonds. The maximum atomic E-state index is 14.4. The third-order valence-corrected chi connectivity index (χ3v) is 11.0. The summed E-state index contributed by atoms with van der Waals surface area (Å²) in [6.07, 6.45) is 6.73. The first-order valence-corrected chi connectivity index (χ1v) is 20.0. The van der Waals surface area contributed by atoms with E-state index in [1.165, 1.54) is 24.3 Å². The number of piperidine rings is 2. The molecule has 3 aromatic heterocycles. The summed E-state index contributed by atoms with van der Waals surface area (Å²) in [4.78, 5) is 75.2. The molecule has 1 atom stereocenters. The average molecular weight is 824 g/mol. The van der Waals surface area contributed by atoms with Gasteiger partial charge in [-0.2, -0.15) is 20.2 Å². The number of ether oxygens (including phenoxy) is 1. The molecule has 17 nitrogen and oxygen atoms in total. The maximum Gasteiger partial charge on any atom is 0.262 e. The molecule has 5 aromatic rings. The molecule has 4 N–H and O–H groups in total. The number of carbonyl (C=O) groups is 5. The van der Waals surface area contributed by atoms with Gasteiger partial charge >= 0.3 is 0 Å². The smallest absolute Gasteiger partial charge is 0.262 e. The summed E-state index contributed by atoms with van der Waals surface area (Å²) in [6, 6.07) is 8.82. The number of hydrogen-bond donors (Lipinski definition) is 4. The summed E-state index contributed by atoms with van der Waals surface area (Å²) >= 11 is 0. The standard InChI is InChI=1S/C41H43F2N11O6/c1-23-18-33(51-50-23)46-36-30-22-45-54(37(30)49-41(48-36)44-21-24-7-8-25(42)19-31(24)43)26-13-15-52(16-14-26)35(56)6-4-2-3-5-17-60-27-9-10-28-29(20-27)40(59)53(39(28)58)32-11-12-34(55)47-38(32)57/h7-10,18-20,22,26,32H,2-6,11-17,21H2,1H3,(H,47,55,57)(H3,44,46,48,49,50,51). The van der Waals surface area contributed by atoms with Crippen LogP contribution in [0.4, 0.5) is 26.4 Å². The van der Waals surface area contributed by atoms with E-state index in [4.69, 9.17) is 9.72 Å². The molecule has 0 saturated carbocycles. The van der Waals surface area contributed by atoms with Crippen LogP contribution >= 0.6 is 0 Å². The topological polar surface area (TPSA) is 209 Å². The number of likely N-dealkylation sites (tertiary alicyclic amines) is 1. The van der Waals surface area contributed by atoms with E-state index in [0.717, 1.165) is 42.3 Å². The maximum absolute atomic E-state index is 14.4. The molecule has 8 rings (SSSR count). The van der Waals surface area contributed by atoms with Crippen LogP contribution in [-0.2, 0) is 20.9 Å². The number of nitrogens with one attached hydrogen (secondary N) is 4. The van der Waals surface area contributed by atoms with E-state index >= 15 is 0 Å². The third-order valence-electron chi connectivity index (χ3n) is 11.0. The van der Waals surface area contributed by atoms with E-state index in [1.807, 2.05) is 22.6 Å². The molecule has 6 heterocycles. The number of H-pyrrole nitrogens is 1. The van der Waals surface area contributed by atoms with Crippen molar-refractivity contribution in [2.24, 2.45) is 0 Å². The Labute approximate surface area is 342 Å². The first-order chi connectivity index (χ1) is 29.0. The zero-order chi connectivity index (χ0) is 41.9. The van der Waals surface area contributed by atoms with E-state index in [-0.39, 0.29) is 54.0 Å². The minimum absolute atomic E-state index is 0.0272. The van der Waals surface area contributed by atoms with Crippen LogP contribution in [0.2, 0.25) is 0 Å². The number of nitrogens with zero attached hydrogens (tertiary/aromatic N) is 7. The Kier molecular flexibility index (Phi) is 11.5. The lowest BCUT2D eigenvalue weighted by Crippen LogP contribution is -2.54. The fourth-order valence-electron chi connectivity index (χ4n) is 7.79. The number of aryl methyl sites for hydroxylation is 1. The highest BCUT2D eigenvalue weighted by molar-refractivity contribution is 6.23. The zero-order valence-corrected chi connectivity index (χ0v) is 32.8. The molecule has 312 valence electrons. The highest BCUT2D eigenvalue weighted by Crippen LogP contribution is 2.32. The number of fused-ring (bicyclic) bond motifs is 2. The van der Waals surface area contributed by atoms with Crippen molar-refractivity contribution in [3.63, 3.8) is 0 Å². The number of aromatic amines is 1. The molecule has 0 aliphatic carbocycles. The van der Waals surface area contributed by atoms with Crippen LogP contribution in [0, 0.1) is 18.6 Å². The number of benzene rings is 2. The highest BCUT2D eigenvalue weighted by Gasteiger charge is 2.44. The average Bonchev–Trinajstić information content (AvgIpc) is 3.92. The molecule has 3 aliphatic rings. The molecular weight excluding hydrogens is 781 g/mol. The summed E-state index contributed by atoms with van der Waals surface area (Å²) in [5.41, 5.74) is 2.03. The third kappa shape index (κ3) is 8.50. The van der Waals surface area contributed by atoms with Crippen LogP contribution in [0.3, 0.4) is 0 Å². The molecule has 2 saturated heterocycles. The fraction of sp³-hybridized carbons (Fsp3) is 0.390. The van der Waals surface area contributed by atoms with Crippen molar-refractivity contribution < 1.29 is 37.5 Å². The molecule has 0 bridgehead atoms. The van der Waals surface area contributed by atoms with Crippen molar-refractivity contribution >= 4 is 58.2 Å². The van der Waals surface area contributed by atoms with Crippen molar-refractivity contribution in [1.82, 2.24) is 45.1 Å². The minimum Gasteiger partial charge on any atom is -0.494 e. The van der Waals surface area contributed by atoms with Crippen LogP contribution in [0.1, 0.15) is 95.8 Å². The number of halogens is 2. The van der Waals surface area contributed by atoms with Crippen molar-refractivity contribution in [2.75, 3.05) is 30.3 Å². The summed E-state index contributed by atoms with van der Waals surface area (Å²) in [7, 11) is 0. The van der Waals surface area contributed by atoms with Crippen LogP contribution in [-0.4, -0.2) is 95.0 Å². The van der Waals surface area contributed by atoms with Crippen molar-refractivity contribution in [3.05, 3.63) is 82.7 Å². The van der Waals surface area contributed by atoms with Crippen molar-refractivity contribution in [3.8, 4) is 5.75 Å². The van der Waals surface area contributed by atoms with Gasteiger partial charge in [-0.15, -0.1) is 0 Å². The Morgan fingerprint density at radius 3 is 2.50 bits per heavy atom. The summed E-state index contributed by atoms with van der Waals surface area (Å²) in [6.45, 7) is 3.42. The Balaban J connectivity index is 0.798. The second-order valence-electron chi connectivity index (χ2n) is 15.2. The fourth-order valence-corrected chi connectivity index (χ4v) is 7.79. The number of hydrogen-bond acceptors (Lipinski definition) is 12. The highest BCUT2D eigenvalue weighted by atomic mass is 19.1. The molecule has 0 spiro atoms. The predicted octanol–water partition coefficient (Wildman–Crippen LogP) is 5.09. The molecule has 1 unspecified atom stereocenters. The molecular formula is C41H43F2N11O6. The van der Waals surface area contributed by atoms with Gasteiger partial charge in [0.15, 0.2) is 11.5 Å². The molecule has 2 aromatic carbocycles. The Morgan fingerprint density at radius 1 is 0.933 bits per heavy atom. The monoisotopic (exact) mass is 823 g/mol. The van der Waals surface area contributed by atoms with Gasteiger partial charge in [-0.25, -0.2) is 13.5 Å². The predicted molar refractivity (Wildman–Crippen MR) is 212 cm³/mol. The van der Waals surface area contributed by atoms with Crippen molar-refractivity contribution in [1.29, 1.82) is 0 Å².